The van der Waals surface area contributed by atoms with Gasteiger partial charge in [0.15, 0.2) is 0 Å². The maximum atomic E-state index is 12.6. The zero-order valence-corrected chi connectivity index (χ0v) is 32.0. The molecule has 0 rings (SSSR count). The smallest absolute Gasteiger partial charge is 0.407 e. The first kappa shape index (κ1) is 48.1. The Hall–Kier alpha value is -2.93. The highest BCUT2D eigenvalue weighted by Crippen LogP contribution is 2.15. The fourth-order valence-electron chi connectivity index (χ4n) is 5.29. The van der Waals surface area contributed by atoms with Gasteiger partial charge in [-0.05, 0) is 52.1 Å². The van der Waals surface area contributed by atoms with Gasteiger partial charge in [-0.15, -0.1) is 0 Å². The molecule has 13 heteroatoms. The Morgan fingerprint density at radius 2 is 1.08 bits per heavy atom. The maximum Gasteiger partial charge on any atom is 0.407 e. The predicted octanol–water partition coefficient (Wildman–Crippen LogP) is 7.28. The zero-order valence-electron chi connectivity index (χ0n) is 32.0. The van der Waals surface area contributed by atoms with E-state index in [4.69, 9.17) is 29.2 Å². The van der Waals surface area contributed by atoms with Gasteiger partial charge >= 0.3 is 30.0 Å². The number of hydrogen-bond acceptors (Lipinski definition) is 10. The number of unbranched alkanes of at least 4 members (excludes halogenated alkanes) is 13. The summed E-state index contributed by atoms with van der Waals surface area (Å²) in [6, 6.07) is 0. The number of amides is 1. The number of aliphatic carboxylic acids is 2. The Bertz CT molecular complexity index is 874. The Labute approximate surface area is 306 Å². The van der Waals surface area contributed by atoms with Crippen molar-refractivity contribution in [2.24, 2.45) is 0 Å². The molecule has 0 fully saturated rings. The second-order valence-electron chi connectivity index (χ2n) is 13.4. The molecule has 1 atom stereocenters. The van der Waals surface area contributed by atoms with Crippen molar-refractivity contribution in [3.8, 4) is 0 Å². The van der Waals surface area contributed by atoms with Crippen LogP contribution in [0.25, 0.3) is 0 Å². The fraction of sp³-hybridized carbons (Fsp3) is 0.868. The SMILES string of the molecule is CCCCCCCCC(CCOC(COC(=O)CCCCCCCC(=O)O)COC(=O)CCCCCCCC(=O)O)OC(=O)NCCN(C)CC. The molecule has 13 nitrogen and oxygen atoms in total. The summed E-state index contributed by atoms with van der Waals surface area (Å²) >= 11 is 0. The normalized spacial score (nSPS) is 11.8. The average molecular weight is 731 g/mol. The van der Waals surface area contributed by atoms with E-state index in [-0.39, 0.29) is 63.5 Å². The number of hydrogen-bond donors (Lipinski definition) is 3. The van der Waals surface area contributed by atoms with Crippen LogP contribution in [-0.2, 0) is 38.1 Å². The van der Waals surface area contributed by atoms with E-state index in [2.05, 4.69) is 24.1 Å². The van der Waals surface area contributed by atoms with Gasteiger partial charge in [-0.3, -0.25) is 19.2 Å². The Morgan fingerprint density at radius 3 is 1.57 bits per heavy atom. The van der Waals surface area contributed by atoms with Crippen molar-refractivity contribution in [3.63, 3.8) is 0 Å². The molecule has 0 aliphatic heterocycles. The molecule has 0 saturated heterocycles. The third-order valence-electron chi connectivity index (χ3n) is 8.65. The van der Waals surface area contributed by atoms with E-state index >= 15 is 0 Å². The molecule has 0 aromatic rings. The number of carbonyl (C=O) groups excluding carboxylic acids is 3. The number of nitrogens with one attached hydrogen (secondary N) is 1. The van der Waals surface area contributed by atoms with Crippen LogP contribution in [0.4, 0.5) is 4.79 Å². The standard InChI is InChI=1S/C38H70N2O11/c1-4-6-7-8-11-16-21-32(51-38(47)39-27-28-40(3)5-2)26-29-48-33(30-49-36(45)24-19-14-9-12-17-22-34(41)42)31-50-37(46)25-20-15-10-13-18-23-35(43)44/h32-33H,4-31H2,1-3H3,(H,39,47)(H,41,42)(H,43,44). The zero-order chi connectivity index (χ0) is 38.0. The highest BCUT2D eigenvalue weighted by molar-refractivity contribution is 5.70. The van der Waals surface area contributed by atoms with Gasteiger partial charge in [0.25, 0.3) is 0 Å². The molecule has 0 aliphatic rings. The quantitative estimate of drug-likeness (QED) is 0.0334. The topological polar surface area (TPSA) is 178 Å². The molecular weight excluding hydrogens is 660 g/mol. The number of rotatable bonds is 36. The van der Waals surface area contributed by atoms with Gasteiger partial charge in [0, 0.05) is 45.2 Å². The van der Waals surface area contributed by atoms with Crippen molar-refractivity contribution < 1.29 is 53.1 Å². The highest BCUT2D eigenvalue weighted by Gasteiger charge is 2.19. The van der Waals surface area contributed by atoms with E-state index in [1.54, 1.807) is 0 Å². The van der Waals surface area contributed by atoms with Crippen LogP contribution < -0.4 is 5.32 Å². The summed E-state index contributed by atoms with van der Waals surface area (Å²) in [5.74, 6) is -2.36. The van der Waals surface area contributed by atoms with Crippen molar-refractivity contribution in [1.29, 1.82) is 0 Å². The van der Waals surface area contributed by atoms with E-state index < -0.39 is 24.1 Å². The molecule has 0 aliphatic carbocycles. The minimum absolute atomic E-state index is 0.0807. The van der Waals surface area contributed by atoms with Gasteiger partial charge in [0.05, 0.1) is 6.61 Å². The molecule has 0 spiro atoms. The first-order chi connectivity index (χ1) is 24.6. The van der Waals surface area contributed by atoms with E-state index in [0.29, 0.717) is 45.1 Å². The molecule has 0 heterocycles. The van der Waals surface area contributed by atoms with Crippen LogP contribution >= 0.6 is 0 Å². The second kappa shape index (κ2) is 34.2. The lowest BCUT2D eigenvalue weighted by atomic mass is 10.1. The van der Waals surface area contributed by atoms with Crippen LogP contribution in [0.1, 0.15) is 155 Å². The third-order valence-corrected chi connectivity index (χ3v) is 8.65. The molecular formula is C38H70N2O11. The summed E-state index contributed by atoms with van der Waals surface area (Å²) in [6.45, 7) is 6.38. The van der Waals surface area contributed by atoms with Gasteiger partial charge in [-0.1, -0.05) is 84.5 Å². The number of likely N-dealkylation sites (N-methyl/N-ethyl adjacent to an activating group) is 1. The van der Waals surface area contributed by atoms with Gasteiger partial charge in [-0.25, -0.2) is 4.79 Å². The Balaban J connectivity index is 4.98. The van der Waals surface area contributed by atoms with Crippen molar-refractivity contribution >= 4 is 30.0 Å². The number of carboxylic acid groups (broad SMARTS) is 2. The van der Waals surface area contributed by atoms with Gasteiger partial charge in [-0.2, -0.15) is 0 Å². The monoisotopic (exact) mass is 730 g/mol. The van der Waals surface area contributed by atoms with E-state index in [1.165, 1.54) is 19.3 Å². The van der Waals surface area contributed by atoms with Gasteiger partial charge < -0.3 is 39.4 Å². The molecule has 0 saturated carbocycles. The first-order valence-corrected chi connectivity index (χ1v) is 19.6. The second-order valence-corrected chi connectivity index (χ2v) is 13.4. The lowest BCUT2D eigenvalue weighted by molar-refractivity contribution is -0.156. The Kier molecular flexibility index (Phi) is 32.2. The van der Waals surface area contributed by atoms with Crippen molar-refractivity contribution in [3.05, 3.63) is 0 Å². The number of alkyl carbamates (subject to hydrolysis) is 1. The molecule has 1 amide bonds. The van der Waals surface area contributed by atoms with Crippen LogP contribution in [0.5, 0.6) is 0 Å². The van der Waals surface area contributed by atoms with Crippen molar-refractivity contribution in [2.45, 2.75) is 167 Å². The molecule has 1 unspecified atom stereocenters. The van der Waals surface area contributed by atoms with Crippen LogP contribution in [0, 0.1) is 0 Å². The molecule has 0 aromatic heterocycles. The minimum Gasteiger partial charge on any atom is -0.481 e. The van der Waals surface area contributed by atoms with Crippen LogP contribution in [0.2, 0.25) is 0 Å². The molecule has 3 N–H and O–H groups in total. The number of esters is 2. The molecule has 0 bridgehead atoms. The van der Waals surface area contributed by atoms with E-state index in [1.807, 2.05) is 7.05 Å². The molecule has 0 aromatic carbocycles. The highest BCUT2D eigenvalue weighted by atomic mass is 16.6. The van der Waals surface area contributed by atoms with Crippen LogP contribution in [0.15, 0.2) is 0 Å². The van der Waals surface area contributed by atoms with Crippen molar-refractivity contribution in [1.82, 2.24) is 10.2 Å². The van der Waals surface area contributed by atoms with Crippen LogP contribution in [0.3, 0.4) is 0 Å². The molecule has 51 heavy (non-hydrogen) atoms. The number of ether oxygens (including phenoxy) is 4. The lowest BCUT2D eigenvalue weighted by Crippen LogP contribution is -2.35. The first-order valence-electron chi connectivity index (χ1n) is 19.6. The Morgan fingerprint density at radius 1 is 0.608 bits per heavy atom. The third kappa shape index (κ3) is 33.9. The largest absolute Gasteiger partial charge is 0.481 e. The number of carbonyl (C=O) groups is 5. The number of nitrogens with zero attached hydrogens (tertiary/aromatic N) is 1. The summed E-state index contributed by atoms with van der Waals surface area (Å²) in [5.41, 5.74) is 0. The lowest BCUT2D eigenvalue weighted by Gasteiger charge is -2.22. The molecule has 0 radical (unpaired) electrons. The van der Waals surface area contributed by atoms with Crippen molar-refractivity contribution in [2.75, 3.05) is 46.5 Å². The summed E-state index contributed by atoms with van der Waals surface area (Å²) in [4.78, 5) is 60.9. The predicted molar refractivity (Wildman–Crippen MR) is 196 cm³/mol. The fourth-order valence-corrected chi connectivity index (χ4v) is 5.29. The summed E-state index contributed by atoms with van der Waals surface area (Å²) < 4.78 is 22.8. The summed E-state index contributed by atoms with van der Waals surface area (Å²) in [5, 5.41) is 20.3. The summed E-state index contributed by atoms with van der Waals surface area (Å²) in [7, 11) is 1.98. The minimum atomic E-state index is -0.802. The number of carboxylic acids is 2. The van der Waals surface area contributed by atoms with Gasteiger partial charge in [0.2, 0.25) is 0 Å². The van der Waals surface area contributed by atoms with Gasteiger partial charge in [0.1, 0.15) is 25.4 Å². The van der Waals surface area contributed by atoms with E-state index in [9.17, 15) is 24.0 Å². The average Bonchev–Trinajstić information content (AvgIpc) is 3.09. The maximum absolute atomic E-state index is 12.6. The molecule has 298 valence electrons. The van der Waals surface area contributed by atoms with Crippen LogP contribution in [-0.4, -0.2) is 104 Å². The summed E-state index contributed by atoms with van der Waals surface area (Å²) in [6.07, 6.45) is 14.5. The van der Waals surface area contributed by atoms with E-state index in [0.717, 1.165) is 70.9 Å².